The number of benzene rings is 2. The molecule has 3 rings (SSSR count). The third kappa shape index (κ3) is 7.53. The molecule has 0 aliphatic carbocycles. The van der Waals surface area contributed by atoms with Gasteiger partial charge in [-0.3, -0.25) is 9.78 Å². The van der Waals surface area contributed by atoms with Gasteiger partial charge in [-0.25, -0.2) is 4.39 Å². The first kappa shape index (κ1) is 27.2. The summed E-state index contributed by atoms with van der Waals surface area (Å²) in [5, 5.41) is 18.3. The Hall–Kier alpha value is -3.43. The predicted molar refractivity (Wildman–Crippen MR) is 137 cm³/mol. The average molecular weight is 509 g/mol. The van der Waals surface area contributed by atoms with E-state index in [1.54, 1.807) is 12.1 Å². The van der Waals surface area contributed by atoms with Crippen LogP contribution >= 0.6 is 8.03 Å². The first-order valence-corrected chi connectivity index (χ1v) is 12.7. The molecule has 0 bridgehead atoms. The summed E-state index contributed by atoms with van der Waals surface area (Å²) in [5.41, 5.74) is 4.27. The van der Waals surface area contributed by atoms with Gasteiger partial charge in [0.25, 0.3) is 0 Å². The zero-order valence-corrected chi connectivity index (χ0v) is 21.3. The zero-order chi connectivity index (χ0) is 26.3. The van der Waals surface area contributed by atoms with E-state index in [9.17, 15) is 18.9 Å². The number of hydrogen-bond donors (Lipinski definition) is 2. The Morgan fingerprint density at radius 3 is 2.39 bits per heavy atom. The largest absolute Gasteiger partial charge is 0.511 e. The molecule has 0 amide bonds. The molecule has 0 aliphatic rings. The number of aliphatic hydroxyl groups is 1. The molecule has 3 aromatic rings. The molecular weight excluding hydrogens is 480 g/mol. The molecule has 0 radical (unpaired) electrons. The monoisotopic (exact) mass is 508 g/mol. The van der Waals surface area contributed by atoms with E-state index in [0.717, 1.165) is 28.1 Å². The molecule has 2 unspecified atom stereocenters. The number of nitrogens with zero attached hydrogens (tertiary/aromatic N) is 1. The number of hydrogen-bond acceptors (Lipinski definition) is 5. The van der Waals surface area contributed by atoms with Gasteiger partial charge < -0.3 is 10.2 Å². The molecule has 2 aromatic carbocycles. The Labute approximate surface area is 211 Å². The molecule has 0 saturated carbocycles. The first-order valence-electron chi connectivity index (χ1n) is 11.4. The average Bonchev–Trinajstić information content (AvgIpc) is 2.81. The summed E-state index contributed by atoms with van der Waals surface area (Å²) >= 11 is 0. The maximum atomic E-state index is 13.7. The summed E-state index contributed by atoms with van der Waals surface area (Å²) in [4.78, 5) is 15.6. The van der Waals surface area contributed by atoms with Gasteiger partial charge in [-0.05, 0) is 28.3 Å². The quantitative estimate of drug-likeness (QED) is 0.295. The minimum Gasteiger partial charge on any atom is -0.481 e. The molecule has 0 spiro atoms. The number of halogens is 1. The fourth-order valence-electron chi connectivity index (χ4n) is 3.55. The lowest BCUT2D eigenvalue weighted by Gasteiger charge is -2.23. The fourth-order valence-corrected chi connectivity index (χ4v) is 4.34. The summed E-state index contributed by atoms with van der Waals surface area (Å²) in [6.45, 7) is 5.91. The number of aliphatic carboxylic acids is 1. The highest BCUT2D eigenvalue weighted by molar-refractivity contribution is 7.39. The molecule has 6 nitrogen and oxygen atoms in total. The van der Waals surface area contributed by atoms with Gasteiger partial charge in [-0.2, -0.15) is 0 Å². The van der Waals surface area contributed by atoms with Gasteiger partial charge in [0, 0.05) is 16.5 Å². The van der Waals surface area contributed by atoms with Crippen molar-refractivity contribution in [3.63, 3.8) is 0 Å². The van der Waals surface area contributed by atoms with Gasteiger partial charge in [-0.1, -0.05) is 75.1 Å². The summed E-state index contributed by atoms with van der Waals surface area (Å²) in [6, 6.07) is 17.8. The standard InChI is InChI=1S/C28H27FNO5P/c1-28(2,3)27-23(10-7-15-35-36(34)18-22(31)16-26(32)33)24(19-11-13-21(29)14-12-19)17-25(30-27)20-8-5-4-6-9-20/h4-6,8-9,11-14,17,22,31H,15-16,18H2,1-3H3/p+1. The van der Waals surface area contributed by atoms with E-state index in [1.807, 2.05) is 57.2 Å². The number of carboxylic acid groups (broad SMARTS) is 1. The van der Waals surface area contributed by atoms with Crippen molar-refractivity contribution >= 4 is 14.0 Å². The van der Waals surface area contributed by atoms with E-state index in [4.69, 9.17) is 14.6 Å². The maximum Gasteiger partial charge on any atom is 0.511 e. The molecule has 0 saturated heterocycles. The minimum atomic E-state index is -2.28. The second-order valence-corrected chi connectivity index (χ2v) is 10.5. The maximum absolute atomic E-state index is 13.7. The van der Waals surface area contributed by atoms with Crippen LogP contribution in [0.5, 0.6) is 0 Å². The van der Waals surface area contributed by atoms with Crippen molar-refractivity contribution in [3.8, 4) is 34.2 Å². The van der Waals surface area contributed by atoms with Gasteiger partial charge in [-0.15, -0.1) is 4.52 Å². The number of carboxylic acids is 1. The number of rotatable bonds is 8. The molecular formula is C28H28FNO5P+. The van der Waals surface area contributed by atoms with Crippen LogP contribution in [0.15, 0.2) is 60.7 Å². The Kier molecular flexibility index (Phi) is 9.06. The van der Waals surface area contributed by atoms with Crippen LogP contribution in [-0.4, -0.2) is 40.0 Å². The fraction of sp³-hybridized carbons (Fsp3) is 0.286. The Morgan fingerprint density at radius 2 is 1.78 bits per heavy atom. The molecule has 186 valence electrons. The number of aliphatic hydroxyl groups excluding tert-OH is 1. The van der Waals surface area contributed by atoms with Crippen molar-refractivity contribution in [2.24, 2.45) is 0 Å². The van der Waals surface area contributed by atoms with E-state index in [-0.39, 0.29) is 24.0 Å². The van der Waals surface area contributed by atoms with E-state index in [2.05, 4.69) is 11.8 Å². The Morgan fingerprint density at radius 1 is 1.11 bits per heavy atom. The van der Waals surface area contributed by atoms with E-state index in [1.165, 1.54) is 12.1 Å². The summed E-state index contributed by atoms with van der Waals surface area (Å²) in [6.07, 6.45) is -2.05. The molecule has 1 heterocycles. The number of aromatic nitrogens is 1. The molecule has 8 heteroatoms. The smallest absolute Gasteiger partial charge is 0.481 e. The van der Waals surface area contributed by atoms with Crippen molar-refractivity contribution in [2.45, 2.75) is 38.7 Å². The topological polar surface area (TPSA) is 96.7 Å². The van der Waals surface area contributed by atoms with Crippen LogP contribution < -0.4 is 0 Å². The van der Waals surface area contributed by atoms with Crippen LogP contribution in [0.2, 0.25) is 0 Å². The number of pyridine rings is 1. The summed E-state index contributed by atoms with van der Waals surface area (Å²) < 4.78 is 30.9. The van der Waals surface area contributed by atoms with Gasteiger partial charge in [0.15, 0.2) is 6.61 Å². The van der Waals surface area contributed by atoms with Gasteiger partial charge in [0.2, 0.25) is 6.16 Å². The third-order valence-corrected chi connectivity index (χ3v) is 6.36. The SMILES string of the molecule is CC(C)(C)c1nc(-c2ccccc2)cc(-c2ccc(F)cc2)c1C#CCO[P+](=O)CC(O)CC(=O)O. The van der Waals surface area contributed by atoms with E-state index in [0.29, 0.717) is 5.56 Å². The van der Waals surface area contributed by atoms with Crippen molar-refractivity contribution in [1.82, 2.24) is 4.98 Å². The highest BCUT2D eigenvalue weighted by Crippen LogP contribution is 2.35. The highest BCUT2D eigenvalue weighted by atomic mass is 31.1. The van der Waals surface area contributed by atoms with Crippen molar-refractivity contribution < 1.29 is 28.5 Å². The van der Waals surface area contributed by atoms with Crippen LogP contribution in [0.1, 0.15) is 38.4 Å². The molecule has 1 aromatic heterocycles. The van der Waals surface area contributed by atoms with Crippen molar-refractivity contribution in [2.75, 3.05) is 12.8 Å². The van der Waals surface area contributed by atoms with Crippen molar-refractivity contribution in [1.29, 1.82) is 0 Å². The predicted octanol–water partition coefficient (Wildman–Crippen LogP) is 5.80. The second kappa shape index (κ2) is 12.0. The normalized spacial score (nSPS) is 12.4. The summed E-state index contributed by atoms with van der Waals surface area (Å²) in [7, 11) is -2.28. The molecule has 0 aliphatic heterocycles. The lowest BCUT2D eigenvalue weighted by atomic mass is 9.84. The van der Waals surface area contributed by atoms with Crippen LogP contribution in [0.4, 0.5) is 4.39 Å². The second-order valence-electron chi connectivity index (χ2n) is 9.24. The molecule has 0 fully saturated rings. The van der Waals surface area contributed by atoms with E-state index >= 15 is 0 Å². The van der Waals surface area contributed by atoms with Crippen molar-refractivity contribution in [3.05, 3.63) is 77.7 Å². The Balaban J connectivity index is 2.00. The Bertz CT molecular complexity index is 1290. The lowest BCUT2D eigenvalue weighted by Crippen LogP contribution is -2.17. The highest BCUT2D eigenvalue weighted by Gasteiger charge is 2.26. The molecule has 2 atom stereocenters. The lowest BCUT2D eigenvalue weighted by molar-refractivity contribution is -0.138. The van der Waals surface area contributed by atoms with Crippen LogP contribution in [0.25, 0.3) is 22.4 Å². The van der Waals surface area contributed by atoms with E-state index < -0.39 is 26.5 Å². The first-order chi connectivity index (χ1) is 17.0. The third-order valence-electron chi connectivity index (χ3n) is 5.22. The number of carbonyl (C=O) groups is 1. The van der Waals surface area contributed by atoms with Crippen LogP contribution in [0.3, 0.4) is 0 Å². The minimum absolute atomic E-state index is 0.179. The molecule has 2 N–H and O–H groups in total. The summed E-state index contributed by atoms with van der Waals surface area (Å²) in [5.74, 6) is 4.45. The van der Waals surface area contributed by atoms with Crippen LogP contribution in [0, 0.1) is 17.7 Å². The zero-order valence-electron chi connectivity index (χ0n) is 20.4. The molecule has 36 heavy (non-hydrogen) atoms. The van der Waals surface area contributed by atoms with Gasteiger partial charge >= 0.3 is 14.0 Å². The van der Waals surface area contributed by atoms with Gasteiger partial charge in [0.05, 0.1) is 23.4 Å². The van der Waals surface area contributed by atoms with Gasteiger partial charge in [0.1, 0.15) is 11.9 Å². The van der Waals surface area contributed by atoms with Crippen LogP contribution in [-0.2, 0) is 19.3 Å².